The van der Waals surface area contributed by atoms with Crippen molar-refractivity contribution < 1.29 is 31.5 Å². The molecule has 0 unspecified atom stereocenters. The van der Waals surface area contributed by atoms with Crippen molar-refractivity contribution in [3.8, 4) is 0 Å². The van der Waals surface area contributed by atoms with Gasteiger partial charge in [-0.3, -0.25) is 0 Å². The number of fused-ring (bicyclic) bond motifs is 1. The maximum Gasteiger partial charge on any atom is 0.446 e. The maximum absolute atomic E-state index is 14.4. The molecule has 154 valence electrons. The first-order chi connectivity index (χ1) is 13.3. The lowest BCUT2D eigenvalue weighted by Crippen LogP contribution is -2.46. The molecule has 1 N–H and O–H groups in total. The van der Waals surface area contributed by atoms with Crippen molar-refractivity contribution in [2.75, 3.05) is 38.7 Å². The summed E-state index contributed by atoms with van der Waals surface area (Å²) in [6.07, 6.45) is -1.49. The highest BCUT2D eigenvalue weighted by molar-refractivity contribution is 8.00. The number of para-hydroxylation sites is 1. The zero-order chi connectivity index (χ0) is 19.9. The molecule has 3 heterocycles. The SMILES string of the molecule is CN1CC[C@@H](Nc2cccc3c(SC(F)(F)F)c(C4OCCO4)oc23)[C@@H](F)C1. The molecule has 0 radical (unpaired) electrons. The fourth-order valence-corrected chi connectivity index (χ4v) is 4.27. The lowest BCUT2D eigenvalue weighted by Gasteiger charge is -2.33. The van der Waals surface area contributed by atoms with E-state index in [0.29, 0.717) is 24.0 Å². The summed E-state index contributed by atoms with van der Waals surface area (Å²) in [7, 11) is 1.85. The second-order valence-electron chi connectivity index (χ2n) is 6.92. The molecule has 2 aliphatic heterocycles. The van der Waals surface area contributed by atoms with Crippen LogP contribution in [-0.2, 0) is 9.47 Å². The summed E-state index contributed by atoms with van der Waals surface area (Å²) < 4.78 is 70.4. The number of anilines is 1. The van der Waals surface area contributed by atoms with Crippen LogP contribution in [0.25, 0.3) is 11.0 Å². The first-order valence-corrected chi connectivity index (χ1v) is 9.77. The Morgan fingerprint density at radius 1 is 1.21 bits per heavy atom. The van der Waals surface area contributed by atoms with Crippen molar-refractivity contribution >= 4 is 28.4 Å². The normalized spacial score (nSPS) is 24.9. The second-order valence-corrected chi connectivity index (χ2v) is 7.99. The molecule has 1 aromatic carbocycles. The van der Waals surface area contributed by atoms with Crippen molar-refractivity contribution in [2.45, 2.75) is 35.3 Å². The number of hydrogen-bond donors (Lipinski definition) is 1. The Hall–Kier alpha value is -1.49. The summed E-state index contributed by atoms with van der Waals surface area (Å²) in [6.45, 7) is 1.59. The molecule has 2 aliphatic rings. The molecular weight excluding hydrogens is 400 g/mol. The van der Waals surface area contributed by atoms with Crippen LogP contribution in [-0.4, -0.2) is 56.0 Å². The molecule has 2 fully saturated rings. The van der Waals surface area contributed by atoms with Gasteiger partial charge in [-0.15, -0.1) is 0 Å². The number of halogens is 4. The van der Waals surface area contributed by atoms with Gasteiger partial charge in [-0.05, 0) is 37.4 Å². The minimum atomic E-state index is -4.49. The van der Waals surface area contributed by atoms with Gasteiger partial charge in [0.15, 0.2) is 11.3 Å². The zero-order valence-electron chi connectivity index (χ0n) is 15.1. The number of thioether (sulfide) groups is 1. The largest absolute Gasteiger partial charge is 0.452 e. The number of piperidine rings is 1. The Bertz CT molecular complexity index is 838. The van der Waals surface area contributed by atoms with Crippen LogP contribution in [0, 0.1) is 0 Å². The predicted octanol–water partition coefficient (Wildman–Crippen LogP) is 4.54. The third-order valence-electron chi connectivity index (χ3n) is 4.83. The fourth-order valence-electron chi connectivity index (χ4n) is 3.53. The second kappa shape index (κ2) is 7.74. The van der Waals surface area contributed by atoms with Crippen LogP contribution in [0.2, 0.25) is 0 Å². The van der Waals surface area contributed by atoms with Crippen molar-refractivity contribution in [1.82, 2.24) is 4.90 Å². The summed E-state index contributed by atoms with van der Waals surface area (Å²) in [5, 5.41) is 3.42. The Kier molecular flexibility index (Phi) is 5.47. The number of likely N-dealkylation sites (tertiary alicyclic amines) is 1. The minimum Gasteiger partial charge on any atom is -0.452 e. The summed E-state index contributed by atoms with van der Waals surface area (Å²) >= 11 is -0.256. The molecule has 2 aromatic rings. The number of alkyl halides is 4. The van der Waals surface area contributed by atoms with Crippen LogP contribution >= 0.6 is 11.8 Å². The van der Waals surface area contributed by atoms with Crippen molar-refractivity contribution in [1.29, 1.82) is 0 Å². The van der Waals surface area contributed by atoms with Gasteiger partial charge in [0.05, 0.1) is 29.8 Å². The molecule has 2 saturated heterocycles. The topological polar surface area (TPSA) is 46.9 Å². The van der Waals surface area contributed by atoms with Crippen LogP contribution in [0.3, 0.4) is 0 Å². The standard InChI is InChI=1S/C18H20F4N2O3S/c1-24-6-5-12(11(19)9-24)23-13-4-2-3-10-14(13)27-15(17-25-7-8-26-17)16(10)28-18(20,21)22/h2-4,11-12,17,23H,5-9H2,1H3/t11-,12+/m0/s1. The highest BCUT2D eigenvalue weighted by Crippen LogP contribution is 2.48. The number of rotatable bonds is 4. The molecule has 0 spiro atoms. The smallest absolute Gasteiger partial charge is 0.446 e. The number of benzene rings is 1. The maximum atomic E-state index is 14.4. The highest BCUT2D eigenvalue weighted by atomic mass is 32.2. The first-order valence-electron chi connectivity index (χ1n) is 8.95. The monoisotopic (exact) mass is 420 g/mol. The van der Waals surface area contributed by atoms with E-state index in [-0.39, 0.29) is 41.2 Å². The summed E-state index contributed by atoms with van der Waals surface area (Å²) in [6, 6.07) is 4.42. The molecule has 4 rings (SSSR count). The van der Waals surface area contributed by atoms with E-state index >= 15 is 0 Å². The third-order valence-corrected chi connectivity index (χ3v) is 5.69. The third kappa shape index (κ3) is 4.10. The van der Waals surface area contributed by atoms with Gasteiger partial charge in [0.2, 0.25) is 6.29 Å². The molecule has 0 saturated carbocycles. The van der Waals surface area contributed by atoms with Crippen molar-refractivity contribution in [3.63, 3.8) is 0 Å². The van der Waals surface area contributed by atoms with E-state index in [4.69, 9.17) is 13.9 Å². The van der Waals surface area contributed by atoms with Crippen LogP contribution in [0.4, 0.5) is 23.2 Å². The molecule has 5 nitrogen and oxygen atoms in total. The number of nitrogens with zero attached hydrogens (tertiary/aromatic N) is 1. The van der Waals surface area contributed by atoms with E-state index in [2.05, 4.69) is 5.32 Å². The quantitative estimate of drug-likeness (QED) is 0.579. The van der Waals surface area contributed by atoms with Gasteiger partial charge in [0.1, 0.15) is 6.17 Å². The molecule has 28 heavy (non-hydrogen) atoms. The van der Waals surface area contributed by atoms with Gasteiger partial charge >= 0.3 is 5.51 Å². The fraction of sp³-hybridized carbons (Fsp3) is 0.556. The van der Waals surface area contributed by atoms with Crippen LogP contribution in [0.1, 0.15) is 18.5 Å². The van der Waals surface area contributed by atoms with E-state index in [1.165, 1.54) is 0 Å². The summed E-state index contributed by atoms with van der Waals surface area (Å²) in [5.74, 6) is -0.00995. The highest BCUT2D eigenvalue weighted by Gasteiger charge is 2.37. The van der Waals surface area contributed by atoms with Crippen molar-refractivity contribution in [2.24, 2.45) is 0 Å². The van der Waals surface area contributed by atoms with E-state index in [9.17, 15) is 17.6 Å². The number of furan rings is 1. The molecule has 2 atom stereocenters. The van der Waals surface area contributed by atoms with Gasteiger partial charge in [-0.2, -0.15) is 13.2 Å². The van der Waals surface area contributed by atoms with Crippen LogP contribution in [0.15, 0.2) is 27.5 Å². The first kappa shape index (κ1) is 19.8. The summed E-state index contributed by atoms with van der Waals surface area (Å²) in [4.78, 5) is 1.82. The van der Waals surface area contributed by atoms with Gasteiger partial charge in [-0.1, -0.05) is 6.07 Å². The van der Waals surface area contributed by atoms with E-state index in [1.807, 2.05) is 11.9 Å². The number of nitrogens with one attached hydrogen (secondary N) is 1. The lowest BCUT2D eigenvalue weighted by atomic mass is 10.0. The van der Waals surface area contributed by atoms with Gasteiger partial charge in [-0.25, -0.2) is 4.39 Å². The van der Waals surface area contributed by atoms with Crippen LogP contribution in [0.5, 0.6) is 0 Å². The van der Waals surface area contributed by atoms with E-state index in [0.717, 1.165) is 6.54 Å². The number of hydrogen-bond acceptors (Lipinski definition) is 6. The lowest BCUT2D eigenvalue weighted by molar-refractivity contribution is -0.0608. The average Bonchev–Trinajstić information content (AvgIpc) is 3.25. The van der Waals surface area contributed by atoms with Crippen LogP contribution < -0.4 is 5.32 Å². The molecular formula is C18H20F4N2O3S. The predicted molar refractivity (Wildman–Crippen MR) is 97.2 cm³/mol. The Morgan fingerprint density at radius 2 is 1.96 bits per heavy atom. The Balaban J connectivity index is 1.71. The van der Waals surface area contributed by atoms with Gasteiger partial charge < -0.3 is 24.1 Å². The number of ether oxygens (including phenoxy) is 2. The zero-order valence-corrected chi connectivity index (χ0v) is 15.9. The Morgan fingerprint density at radius 3 is 2.64 bits per heavy atom. The summed E-state index contributed by atoms with van der Waals surface area (Å²) in [5.41, 5.74) is -3.79. The molecule has 10 heteroatoms. The minimum absolute atomic E-state index is 0.00995. The van der Waals surface area contributed by atoms with Gasteiger partial charge in [0, 0.05) is 18.5 Å². The van der Waals surface area contributed by atoms with E-state index < -0.39 is 24.0 Å². The Labute approximate surface area is 163 Å². The molecule has 1 aromatic heterocycles. The average molecular weight is 420 g/mol. The molecule has 0 bridgehead atoms. The molecule has 0 aliphatic carbocycles. The molecule has 0 amide bonds. The van der Waals surface area contributed by atoms with Gasteiger partial charge in [0.25, 0.3) is 0 Å². The van der Waals surface area contributed by atoms with E-state index in [1.54, 1.807) is 18.2 Å². The van der Waals surface area contributed by atoms with Crippen molar-refractivity contribution in [3.05, 3.63) is 24.0 Å².